The van der Waals surface area contributed by atoms with Crippen molar-refractivity contribution in [3.05, 3.63) is 0 Å². The zero-order valence-corrected chi connectivity index (χ0v) is 8.81. The Morgan fingerprint density at radius 2 is 2.25 bits per heavy atom. The molecule has 0 aliphatic carbocycles. The van der Waals surface area contributed by atoms with Gasteiger partial charge in [-0.25, -0.2) is 0 Å². The molecule has 1 aliphatic rings. The molecule has 0 radical (unpaired) electrons. The van der Waals surface area contributed by atoms with Crippen molar-refractivity contribution in [1.29, 1.82) is 0 Å². The fraction of sp³-hybridized carbons (Fsp3) is 1.00. The van der Waals surface area contributed by atoms with Gasteiger partial charge in [0, 0.05) is 23.6 Å². The van der Waals surface area contributed by atoms with E-state index in [1.807, 2.05) is 0 Å². The number of thioether (sulfide) groups is 1. The van der Waals surface area contributed by atoms with E-state index in [9.17, 15) is 0 Å². The van der Waals surface area contributed by atoms with Crippen molar-refractivity contribution < 1.29 is 5.11 Å². The van der Waals surface area contributed by atoms with E-state index in [-0.39, 0.29) is 6.61 Å². The van der Waals surface area contributed by atoms with Crippen LogP contribution in [-0.4, -0.2) is 47.3 Å². The topological polar surface area (TPSA) is 23.5 Å². The van der Waals surface area contributed by atoms with Crippen molar-refractivity contribution >= 4 is 11.8 Å². The molecule has 1 heterocycles. The lowest BCUT2D eigenvalue weighted by Gasteiger charge is -2.32. The van der Waals surface area contributed by atoms with Crippen molar-refractivity contribution in [3.8, 4) is 0 Å². The Kier molecular flexibility index (Phi) is 4.40. The third-order valence-corrected chi connectivity index (χ3v) is 3.94. The van der Waals surface area contributed by atoms with E-state index >= 15 is 0 Å². The number of aliphatic hydroxyl groups is 1. The fourth-order valence-electron chi connectivity index (χ4n) is 1.56. The number of hydrogen-bond donors (Lipinski definition) is 1. The molecule has 2 unspecified atom stereocenters. The Balaban J connectivity index is 2.24. The van der Waals surface area contributed by atoms with E-state index < -0.39 is 0 Å². The van der Waals surface area contributed by atoms with E-state index in [4.69, 9.17) is 5.11 Å². The molecular formula is C9H19NOS. The maximum atomic E-state index is 8.77. The summed E-state index contributed by atoms with van der Waals surface area (Å²) in [6.45, 7) is 3.40. The highest BCUT2D eigenvalue weighted by Crippen LogP contribution is 2.26. The molecule has 0 spiro atoms. The molecule has 2 atom stereocenters. The van der Waals surface area contributed by atoms with Gasteiger partial charge in [-0.2, -0.15) is 11.8 Å². The van der Waals surface area contributed by atoms with E-state index in [1.165, 1.54) is 18.6 Å². The van der Waals surface area contributed by atoms with Crippen LogP contribution >= 0.6 is 11.8 Å². The molecule has 0 aromatic heterocycles. The van der Waals surface area contributed by atoms with Crippen molar-refractivity contribution in [2.24, 2.45) is 0 Å². The Labute approximate surface area is 79.3 Å². The molecule has 2 nitrogen and oxygen atoms in total. The first kappa shape index (κ1) is 10.4. The van der Waals surface area contributed by atoms with Crippen molar-refractivity contribution in [1.82, 2.24) is 4.90 Å². The first-order valence-electron chi connectivity index (χ1n) is 4.66. The molecule has 1 fully saturated rings. The van der Waals surface area contributed by atoms with Crippen LogP contribution < -0.4 is 0 Å². The van der Waals surface area contributed by atoms with Gasteiger partial charge in [0.2, 0.25) is 0 Å². The molecule has 0 aromatic carbocycles. The molecule has 0 amide bonds. The summed E-state index contributed by atoms with van der Waals surface area (Å²) in [4.78, 5) is 2.28. The molecule has 1 aliphatic heterocycles. The van der Waals surface area contributed by atoms with Crippen LogP contribution in [0.2, 0.25) is 0 Å². The summed E-state index contributed by atoms with van der Waals surface area (Å²) in [5, 5.41) is 9.61. The van der Waals surface area contributed by atoms with Crippen LogP contribution in [0.25, 0.3) is 0 Å². The quantitative estimate of drug-likeness (QED) is 0.721. The van der Waals surface area contributed by atoms with Crippen molar-refractivity contribution in [3.63, 3.8) is 0 Å². The summed E-state index contributed by atoms with van der Waals surface area (Å²) < 4.78 is 0. The minimum absolute atomic E-state index is 0.285. The lowest BCUT2D eigenvalue weighted by atomic mass is 10.1. The SMILES string of the molecule is CC1CCC(N(C)CCO)CS1. The van der Waals surface area contributed by atoms with Gasteiger partial charge in [0.15, 0.2) is 0 Å². The summed E-state index contributed by atoms with van der Waals surface area (Å²) in [5.74, 6) is 1.23. The monoisotopic (exact) mass is 189 g/mol. The Bertz CT molecular complexity index is 124. The first-order chi connectivity index (χ1) is 5.74. The van der Waals surface area contributed by atoms with Crippen LogP contribution in [0.15, 0.2) is 0 Å². The highest BCUT2D eigenvalue weighted by atomic mass is 32.2. The number of aliphatic hydroxyl groups excluding tert-OH is 1. The summed E-state index contributed by atoms with van der Waals surface area (Å²) in [5.41, 5.74) is 0. The standard InChI is InChI=1S/C9H19NOS/c1-8-3-4-9(7-12-8)10(2)5-6-11/h8-9,11H,3-7H2,1-2H3. The molecule has 72 valence electrons. The Morgan fingerprint density at radius 3 is 2.75 bits per heavy atom. The predicted molar refractivity (Wildman–Crippen MR) is 54.7 cm³/mol. The van der Waals surface area contributed by atoms with Gasteiger partial charge in [0.05, 0.1) is 6.61 Å². The Hall–Kier alpha value is 0.270. The number of likely N-dealkylation sites (N-methyl/N-ethyl adjacent to an activating group) is 1. The van der Waals surface area contributed by atoms with Gasteiger partial charge in [0.1, 0.15) is 0 Å². The minimum Gasteiger partial charge on any atom is -0.395 e. The zero-order valence-electron chi connectivity index (χ0n) is 7.99. The first-order valence-corrected chi connectivity index (χ1v) is 5.71. The second-order valence-electron chi connectivity index (χ2n) is 3.58. The van der Waals surface area contributed by atoms with Gasteiger partial charge >= 0.3 is 0 Å². The molecule has 3 heteroatoms. The molecule has 0 saturated carbocycles. The largest absolute Gasteiger partial charge is 0.395 e. The zero-order chi connectivity index (χ0) is 8.97. The number of rotatable bonds is 3. The molecule has 12 heavy (non-hydrogen) atoms. The van der Waals surface area contributed by atoms with Crippen molar-refractivity contribution in [2.45, 2.75) is 31.1 Å². The third-order valence-electron chi connectivity index (χ3n) is 2.56. The maximum absolute atomic E-state index is 8.77. The molecule has 0 aromatic rings. The summed E-state index contributed by atoms with van der Waals surface area (Å²) >= 11 is 2.06. The Morgan fingerprint density at radius 1 is 1.50 bits per heavy atom. The lowest BCUT2D eigenvalue weighted by molar-refractivity contribution is 0.181. The van der Waals surface area contributed by atoms with Crippen LogP contribution in [0.3, 0.4) is 0 Å². The van der Waals surface area contributed by atoms with Crippen LogP contribution in [-0.2, 0) is 0 Å². The van der Waals surface area contributed by atoms with Crippen LogP contribution in [0.5, 0.6) is 0 Å². The third kappa shape index (κ3) is 2.96. The molecular weight excluding hydrogens is 170 g/mol. The summed E-state index contributed by atoms with van der Waals surface area (Å²) in [7, 11) is 2.11. The predicted octanol–water partition coefficient (Wildman–Crippen LogP) is 1.19. The van der Waals surface area contributed by atoms with Gasteiger partial charge in [-0.05, 0) is 19.9 Å². The molecule has 1 N–H and O–H groups in total. The second kappa shape index (κ2) is 5.10. The van der Waals surface area contributed by atoms with E-state index in [2.05, 4.69) is 30.6 Å². The smallest absolute Gasteiger partial charge is 0.0558 e. The normalized spacial score (nSPS) is 31.0. The average molecular weight is 189 g/mol. The summed E-state index contributed by atoms with van der Waals surface area (Å²) in [6.07, 6.45) is 2.62. The van der Waals surface area contributed by atoms with Gasteiger partial charge in [0.25, 0.3) is 0 Å². The van der Waals surface area contributed by atoms with Gasteiger partial charge in [-0.3, -0.25) is 0 Å². The van der Waals surface area contributed by atoms with E-state index in [0.29, 0.717) is 6.04 Å². The van der Waals surface area contributed by atoms with E-state index in [1.54, 1.807) is 0 Å². The van der Waals surface area contributed by atoms with E-state index in [0.717, 1.165) is 11.8 Å². The number of nitrogens with zero attached hydrogens (tertiary/aromatic N) is 1. The fourth-order valence-corrected chi connectivity index (χ4v) is 2.83. The van der Waals surface area contributed by atoms with Crippen molar-refractivity contribution in [2.75, 3.05) is 26.0 Å². The minimum atomic E-state index is 0.285. The van der Waals surface area contributed by atoms with Gasteiger partial charge < -0.3 is 10.0 Å². The van der Waals surface area contributed by atoms with Crippen LogP contribution in [0, 0.1) is 0 Å². The summed E-state index contributed by atoms with van der Waals surface area (Å²) in [6, 6.07) is 0.693. The molecule has 1 saturated heterocycles. The lowest BCUT2D eigenvalue weighted by Crippen LogP contribution is -2.38. The van der Waals surface area contributed by atoms with Crippen LogP contribution in [0.4, 0.5) is 0 Å². The van der Waals surface area contributed by atoms with Gasteiger partial charge in [-0.15, -0.1) is 0 Å². The highest BCUT2D eigenvalue weighted by Gasteiger charge is 2.21. The van der Waals surface area contributed by atoms with Crippen LogP contribution in [0.1, 0.15) is 19.8 Å². The average Bonchev–Trinajstić information content (AvgIpc) is 2.06. The highest BCUT2D eigenvalue weighted by molar-refractivity contribution is 7.99. The van der Waals surface area contributed by atoms with Gasteiger partial charge in [-0.1, -0.05) is 6.92 Å². The second-order valence-corrected chi connectivity index (χ2v) is 5.05. The molecule has 0 bridgehead atoms. The molecule has 1 rings (SSSR count). The maximum Gasteiger partial charge on any atom is 0.0558 e. The number of hydrogen-bond acceptors (Lipinski definition) is 3.